The van der Waals surface area contributed by atoms with Crippen LogP contribution in [0.3, 0.4) is 0 Å². The van der Waals surface area contributed by atoms with Gasteiger partial charge in [0.2, 0.25) is 0 Å². The van der Waals surface area contributed by atoms with E-state index in [2.05, 4.69) is 33.4 Å². The number of amides is 1. The predicted molar refractivity (Wildman–Crippen MR) is 119 cm³/mol. The first-order chi connectivity index (χ1) is 14.3. The van der Waals surface area contributed by atoms with Crippen molar-refractivity contribution in [1.29, 1.82) is 0 Å². The third-order valence-electron chi connectivity index (χ3n) is 5.49. The number of nitrogens with one attached hydrogen (secondary N) is 1. The fourth-order valence-corrected chi connectivity index (χ4v) is 4.96. The lowest BCUT2D eigenvalue weighted by atomic mass is 9.98. The number of rotatable bonds is 4. The molecule has 0 spiro atoms. The van der Waals surface area contributed by atoms with E-state index in [0.717, 1.165) is 47.5 Å². The molecular formula is C23H22N4OS. The molecule has 1 fully saturated rings. The number of carbonyl (C=O) groups excluding carboxylic acids is 1. The molecule has 1 saturated heterocycles. The molecule has 4 aromatic rings. The maximum absolute atomic E-state index is 12.6. The SMILES string of the molecule is O=C(NCC1CCCN(c2nc3ccccc3s2)C1)c1ccc2ncccc2c1. The third kappa shape index (κ3) is 3.80. The highest BCUT2D eigenvalue weighted by Gasteiger charge is 2.23. The normalized spacial score (nSPS) is 17.0. The van der Waals surface area contributed by atoms with Crippen molar-refractivity contribution >= 4 is 43.5 Å². The highest BCUT2D eigenvalue weighted by molar-refractivity contribution is 7.22. The largest absolute Gasteiger partial charge is 0.352 e. The highest BCUT2D eigenvalue weighted by atomic mass is 32.1. The van der Waals surface area contributed by atoms with Crippen LogP contribution in [0.25, 0.3) is 21.1 Å². The molecule has 1 atom stereocenters. The number of pyridine rings is 1. The van der Waals surface area contributed by atoms with E-state index in [1.165, 1.54) is 4.70 Å². The Balaban J connectivity index is 1.23. The smallest absolute Gasteiger partial charge is 0.251 e. The van der Waals surface area contributed by atoms with Gasteiger partial charge in [-0.15, -0.1) is 0 Å². The Kier molecular flexibility index (Phi) is 4.86. The van der Waals surface area contributed by atoms with Crippen molar-refractivity contribution in [3.05, 3.63) is 66.4 Å². The molecule has 1 amide bonds. The predicted octanol–water partition coefficient (Wildman–Crippen LogP) is 4.49. The minimum absolute atomic E-state index is 0.0205. The van der Waals surface area contributed by atoms with E-state index in [1.54, 1.807) is 17.5 Å². The van der Waals surface area contributed by atoms with Crippen LogP contribution in [0, 0.1) is 5.92 Å². The van der Waals surface area contributed by atoms with Crippen molar-refractivity contribution in [2.45, 2.75) is 12.8 Å². The lowest BCUT2D eigenvalue weighted by Gasteiger charge is -2.32. The number of fused-ring (bicyclic) bond motifs is 2. The first-order valence-electron chi connectivity index (χ1n) is 10.00. The number of hydrogen-bond donors (Lipinski definition) is 1. The maximum Gasteiger partial charge on any atom is 0.251 e. The number of nitrogens with zero attached hydrogens (tertiary/aromatic N) is 3. The Bertz CT molecular complexity index is 1140. The van der Waals surface area contributed by atoms with Gasteiger partial charge in [-0.05, 0) is 55.2 Å². The summed E-state index contributed by atoms with van der Waals surface area (Å²) >= 11 is 1.75. The van der Waals surface area contributed by atoms with E-state index in [4.69, 9.17) is 4.98 Å². The Labute approximate surface area is 173 Å². The second kappa shape index (κ2) is 7.79. The minimum atomic E-state index is -0.0205. The van der Waals surface area contributed by atoms with Gasteiger partial charge in [0, 0.05) is 36.8 Å². The number of benzene rings is 2. The monoisotopic (exact) mass is 402 g/mol. The van der Waals surface area contributed by atoms with Crippen molar-refractivity contribution in [3.8, 4) is 0 Å². The lowest BCUT2D eigenvalue weighted by molar-refractivity contribution is 0.0946. The molecule has 0 bridgehead atoms. The quantitative estimate of drug-likeness (QED) is 0.546. The zero-order valence-corrected chi connectivity index (χ0v) is 16.9. The van der Waals surface area contributed by atoms with Crippen LogP contribution in [0.2, 0.25) is 0 Å². The summed E-state index contributed by atoms with van der Waals surface area (Å²) in [6, 6.07) is 17.8. The summed E-state index contributed by atoms with van der Waals surface area (Å²) in [5.41, 5.74) is 2.65. The Morgan fingerprint density at radius 3 is 3.00 bits per heavy atom. The van der Waals surface area contributed by atoms with Crippen LogP contribution in [0.4, 0.5) is 5.13 Å². The van der Waals surface area contributed by atoms with E-state index < -0.39 is 0 Å². The van der Waals surface area contributed by atoms with Gasteiger partial charge in [-0.2, -0.15) is 0 Å². The number of aromatic nitrogens is 2. The van der Waals surface area contributed by atoms with Gasteiger partial charge in [-0.1, -0.05) is 29.5 Å². The molecule has 146 valence electrons. The zero-order chi connectivity index (χ0) is 19.6. The molecule has 5 rings (SSSR count). The number of para-hydroxylation sites is 1. The summed E-state index contributed by atoms with van der Waals surface area (Å²) in [5.74, 6) is 0.412. The van der Waals surface area contributed by atoms with Crippen LogP contribution in [-0.4, -0.2) is 35.5 Å². The van der Waals surface area contributed by atoms with Gasteiger partial charge >= 0.3 is 0 Å². The molecule has 1 N–H and O–H groups in total. The number of anilines is 1. The van der Waals surface area contributed by atoms with Crippen LogP contribution >= 0.6 is 11.3 Å². The topological polar surface area (TPSA) is 58.1 Å². The van der Waals surface area contributed by atoms with Crippen molar-refractivity contribution < 1.29 is 4.79 Å². The standard InChI is InChI=1S/C23H22N4OS/c28-22(18-9-10-19-17(13-18)6-3-11-24-19)25-14-16-5-4-12-27(15-16)23-26-20-7-1-2-8-21(20)29-23/h1-3,6-11,13,16H,4-5,12,14-15H2,(H,25,28). The molecule has 29 heavy (non-hydrogen) atoms. The summed E-state index contributed by atoms with van der Waals surface area (Å²) in [4.78, 5) is 24.1. The summed E-state index contributed by atoms with van der Waals surface area (Å²) in [5, 5.41) is 5.20. The van der Waals surface area contributed by atoms with E-state index in [0.29, 0.717) is 18.0 Å². The second-order valence-electron chi connectivity index (χ2n) is 7.54. The molecule has 2 aromatic carbocycles. The fourth-order valence-electron chi connectivity index (χ4n) is 3.96. The zero-order valence-electron chi connectivity index (χ0n) is 16.0. The summed E-state index contributed by atoms with van der Waals surface area (Å²) < 4.78 is 1.23. The van der Waals surface area contributed by atoms with Crippen LogP contribution in [0.15, 0.2) is 60.8 Å². The number of hydrogen-bond acceptors (Lipinski definition) is 5. The molecule has 1 unspecified atom stereocenters. The van der Waals surface area contributed by atoms with Gasteiger partial charge in [0.1, 0.15) is 0 Å². The number of piperidine rings is 1. The molecular weight excluding hydrogens is 380 g/mol. The molecule has 2 aromatic heterocycles. The minimum Gasteiger partial charge on any atom is -0.352 e. The van der Waals surface area contributed by atoms with Crippen molar-refractivity contribution in [2.75, 3.05) is 24.5 Å². The van der Waals surface area contributed by atoms with E-state index >= 15 is 0 Å². The molecule has 6 heteroatoms. The Hall–Kier alpha value is -2.99. The van der Waals surface area contributed by atoms with Crippen LogP contribution < -0.4 is 10.2 Å². The van der Waals surface area contributed by atoms with Gasteiger partial charge in [0.05, 0.1) is 15.7 Å². The van der Waals surface area contributed by atoms with Crippen LogP contribution in [-0.2, 0) is 0 Å². The Morgan fingerprint density at radius 2 is 2.07 bits per heavy atom. The van der Waals surface area contributed by atoms with Gasteiger partial charge in [0.25, 0.3) is 5.91 Å². The van der Waals surface area contributed by atoms with E-state index in [9.17, 15) is 4.79 Å². The molecule has 0 aliphatic carbocycles. The maximum atomic E-state index is 12.6. The van der Waals surface area contributed by atoms with E-state index in [1.807, 2.05) is 36.4 Å². The van der Waals surface area contributed by atoms with Crippen molar-refractivity contribution in [3.63, 3.8) is 0 Å². The van der Waals surface area contributed by atoms with Gasteiger partial charge in [-0.25, -0.2) is 4.98 Å². The Morgan fingerprint density at radius 1 is 1.14 bits per heavy atom. The van der Waals surface area contributed by atoms with Gasteiger partial charge in [-0.3, -0.25) is 9.78 Å². The first kappa shape index (κ1) is 18.1. The molecule has 5 nitrogen and oxygen atoms in total. The molecule has 1 aliphatic heterocycles. The van der Waals surface area contributed by atoms with Gasteiger partial charge < -0.3 is 10.2 Å². The second-order valence-corrected chi connectivity index (χ2v) is 8.55. The molecule has 0 radical (unpaired) electrons. The van der Waals surface area contributed by atoms with Crippen LogP contribution in [0.5, 0.6) is 0 Å². The fraction of sp³-hybridized carbons (Fsp3) is 0.261. The van der Waals surface area contributed by atoms with E-state index in [-0.39, 0.29) is 5.91 Å². The highest BCUT2D eigenvalue weighted by Crippen LogP contribution is 2.31. The molecule has 1 aliphatic rings. The number of carbonyl (C=O) groups is 1. The first-order valence-corrected chi connectivity index (χ1v) is 10.8. The average molecular weight is 403 g/mol. The van der Waals surface area contributed by atoms with Crippen molar-refractivity contribution in [1.82, 2.24) is 15.3 Å². The summed E-state index contributed by atoms with van der Waals surface area (Å²) in [7, 11) is 0. The average Bonchev–Trinajstić information content (AvgIpc) is 3.22. The summed E-state index contributed by atoms with van der Waals surface area (Å²) in [6.07, 6.45) is 4.02. The molecule has 0 saturated carbocycles. The molecule has 3 heterocycles. The summed E-state index contributed by atoms with van der Waals surface area (Å²) in [6.45, 7) is 2.65. The van der Waals surface area contributed by atoms with Crippen molar-refractivity contribution in [2.24, 2.45) is 5.92 Å². The van der Waals surface area contributed by atoms with Gasteiger partial charge in [0.15, 0.2) is 5.13 Å². The third-order valence-corrected chi connectivity index (χ3v) is 6.59. The van der Waals surface area contributed by atoms with Crippen LogP contribution in [0.1, 0.15) is 23.2 Å². The number of thiazole rings is 1. The lowest BCUT2D eigenvalue weighted by Crippen LogP contribution is -2.41.